The Balaban J connectivity index is 0. The van der Waals surface area contributed by atoms with Crippen LogP contribution in [0.15, 0.2) is 0 Å². The van der Waals surface area contributed by atoms with Crippen LogP contribution in [0.1, 0.15) is 13.8 Å². The first-order valence-corrected chi connectivity index (χ1v) is 2.32. The molecule has 0 amide bonds. The fourth-order valence-electron chi connectivity index (χ4n) is 0.130. The van der Waals surface area contributed by atoms with Crippen molar-refractivity contribution in [3.05, 3.63) is 0 Å². The van der Waals surface area contributed by atoms with Gasteiger partial charge >= 0.3 is 0 Å². The van der Waals surface area contributed by atoms with Crippen molar-refractivity contribution in [2.45, 2.75) is 13.8 Å². The molecule has 3 nitrogen and oxygen atoms in total. The first kappa shape index (κ1) is 12.2. The van der Waals surface area contributed by atoms with Crippen LogP contribution in [0, 0.1) is 0 Å². The molecule has 0 spiro atoms. The van der Waals surface area contributed by atoms with Gasteiger partial charge in [0.1, 0.15) is 0 Å². The van der Waals surface area contributed by atoms with Crippen LogP contribution in [-0.4, -0.2) is 62.1 Å². The molecule has 4 heteroatoms. The second kappa shape index (κ2) is 11.3. The smallest absolute Gasteiger partial charge is 0.0825 e. The van der Waals surface area contributed by atoms with Crippen LogP contribution in [0.2, 0.25) is 0 Å². The molecule has 0 rings (SSSR count). The summed E-state index contributed by atoms with van der Waals surface area (Å²) in [6.07, 6.45) is 0. The van der Waals surface area contributed by atoms with Gasteiger partial charge in [-0.15, -0.1) is 0 Å². The quantitative estimate of drug-likeness (QED) is 0.312. The van der Waals surface area contributed by atoms with Gasteiger partial charge in [-0.3, -0.25) is 0 Å². The van der Waals surface area contributed by atoms with Gasteiger partial charge in [-0.05, 0) is 13.8 Å². The van der Waals surface area contributed by atoms with E-state index in [1.807, 2.05) is 13.8 Å². The normalized spacial score (nSPS) is 8.25. The summed E-state index contributed by atoms with van der Waals surface area (Å²) in [4.78, 5) is 8.70. The van der Waals surface area contributed by atoms with Gasteiger partial charge in [0, 0.05) is 48.9 Å². The number of hydrogen-bond donors (Lipinski definition) is 0. The molecule has 0 N–H and O–H groups in total. The van der Waals surface area contributed by atoms with Crippen molar-refractivity contribution in [1.29, 1.82) is 0 Å². The van der Waals surface area contributed by atoms with E-state index in [1.54, 1.807) is 0 Å². The van der Waals surface area contributed by atoms with Crippen LogP contribution >= 0.6 is 0 Å². The van der Waals surface area contributed by atoms with E-state index in [0.29, 0.717) is 13.2 Å². The van der Waals surface area contributed by atoms with Crippen molar-refractivity contribution in [2.24, 2.45) is 0 Å². The molecule has 0 saturated heterocycles. The van der Waals surface area contributed by atoms with E-state index >= 15 is 0 Å². The molecule has 0 aromatic heterocycles. The summed E-state index contributed by atoms with van der Waals surface area (Å²) in [5.74, 6) is 0. The Morgan fingerprint density at radius 1 is 1.00 bits per heavy atom. The Bertz CT molecular complexity index is 30.5. The Kier molecular flexibility index (Phi) is 17.1. The topological polar surface area (TPSA) is 27.7 Å². The van der Waals surface area contributed by atoms with Crippen molar-refractivity contribution in [3.63, 3.8) is 0 Å². The van der Waals surface area contributed by atoms with E-state index in [0.717, 1.165) is 0 Å². The van der Waals surface area contributed by atoms with Crippen molar-refractivity contribution in [3.8, 4) is 0 Å². The second-order valence-electron chi connectivity index (χ2n) is 0.881. The van der Waals surface area contributed by atoms with Crippen molar-refractivity contribution < 1.29 is 14.8 Å². The zero-order valence-electron chi connectivity index (χ0n) is 5.35. The molecule has 0 bridgehead atoms. The van der Waals surface area contributed by atoms with Crippen molar-refractivity contribution in [1.82, 2.24) is 0 Å². The van der Waals surface area contributed by atoms with Crippen LogP contribution in [0.3, 0.4) is 0 Å². The predicted octanol–water partition coefficient (Wildman–Crippen LogP) is 0.525. The largest absolute Gasteiger partial charge is 0.206 e. The van der Waals surface area contributed by atoms with Crippen LogP contribution < -0.4 is 0 Å². The fourth-order valence-corrected chi connectivity index (χ4v) is 0.130. The maximum Gasteiger partial charge on any atom is 0.0825 e. The van der Waals surface area contributed by atoms with E-state index in [9.17, 15) is 0 Å². The average molecular weight is 243 g/mol. The van der Waals surface area contributed by atoms with Gasteiger partial charge in [0.25, 0.3) is 0 Å². The van der Waals surface area contributed by atoms with Gasteiger partial charge in [-0.1, -0.05) is 5.04 Å². The molecule has 0 aliphatic carbocycles. The first-order valence-electron chi connectivity index (χ1n) is 2.32. The maximum atomic E-state index is 4.35. The van der Waals surface area contributed by atoms with Crippen molar-refractivity contribution >= 4 is 48.9 Å². The van der Waals surface area contributed by atoms with Crippen LogP contribution in [0.4, 0.5) is 0 Å². The molecule has 46 valence electrons. The van der Waals surface area contributed by atoms with E-state index in [2.05, 4.69) is 14.8 Å². The van der Waals surface area contributed by atoms with Gasteiger partial charge in [-0.25, -0.2) is 9.78 Å². The Labute approximate surface area is 89.6 Å². The molecule has 8 heavy (non-hydrogen) atoms. The molecule has 0 atom stereocenters. The first-order chi connectivity index (χ1) is 3.41. The minimum atomic E-state index is 0. The van der Waals surface area contributed by atoms with Gasteiger partial charge in [0.2, 0.25) is 0 Å². The summed E-state index contributed by atoms with van der Waals surface area (Å²) in [6.45, 7) is 4.66. The third-order valence-corrected chi connectivity index (χ3v) is 0.332. The zero-order valence-corrected chi connectivity index (χ0v) is 9.79. The van der Waals surface area contributed by atoms with E-state index < -0.39 is 0 Å². The SMILES string of the molecule is CCOOOCC.[Ba]. The molecule has 0 fully saturated rings. The summed E-state index contributed by atoms with van der Waals surface area (Å²) < 4.78 is 0. The molecular weight excluding hydrogens is 233 g/mol. The Hall–Kier alpha value is 1.45. The maximum absolute atomic E-state index is 4.35. The number of rotatable bonds is 4. The third kappa shape index (κ3) is 10.4. The summed E-state index contributed by atoms with van der Waals surface area (Å²) in [7, 11) is 0. The third-order valence-electron chi connectivity index (χ3n) is 0.332. The Morgan fingerprint density at radius 3 is 1.62 bits per heavy atom. The van der Waals surface area contributed by atoms with Gasteiger partial charge in [0.15, 0.2) is 0 Å². The van der Waals surface area contributed by atoms with Crippen molar-refractivity contribution in [2.75, 3.05) is 13.2 Å². The Morgan fingerprint density at radius 2 is 1.38 bits per heavy atom. The summed E-state index contributed by atoms with van der Waals surface area (Å²) in [5.41, 5.74) is 0. The van der Waals surface area contributed by atoms with Gasteiger partial charge in [0.05, 0.1) is 13.2 Å². The second-order valence-corrected chi connectivity index (χ2v) is 0.881. The fraction of sp³-hybridized carbons (Fsp3) is 1.00. The predicted molar refractivity (Wildman–Crippen MR) is 30.1 cm³/mol. The van der Waals surface area contributed by atoms with Gasteiger partial charge in [-0.2, -0.15) is 0 Å². The molecule has 0 aromatic carbocycles. The standard InChI is InChI=1S/C4H10O3.Ba/c1-3-5-7-6-4-2;/h3-4H2,1-2H3;. The minimum Gasteiger partial charge on any atom is -0.206 e. The van der Waals surface area contributed by atoms with E-state index in [-0.39, 0.29) is 48.9 Å². The molecular formula is C4H10BaO3. The molecule has 0 heterocycles. The molecule has 0 saturated carbocycles. The summed E-state index contributed by atoms with van der Waals surface area (Å²) >= 11 is 0. The molecule has 0 unspecified atom stereocenters. The molecule has 0 aliphatic heterocycles. The monoisotopic (exact) mass is 244 g/mol. The minimum absolute atomic E-state index is 0. The van der Waals surface area contributed by atoms with E-state index in [1.165, 1.54) is 0 Å². The van der Waals surface area contributed by atoms with Crippen LogP contribution in [-0.2, 0) is 14.8 Å². The number of hydrogen-bond acceptors (Lipinski definition) is 3. The van der Waals surface area contributed by atoms with Crippen LogP contribution in [0.5, 0.6) is 0 Å². The molecule has 0 aromatic rings. The van der Waals surface area contributed by atoms with E-state index in [4.69, 9.17) is 0 Å². The molecule has 0 aliphatic rings. The summed E-state index contributed by atoms with van der Waals surface area (Å²) in [6, 6.07) is 0. The van der Waals surface area contributed by atoms with Crippen LogP contribution in [0.25, 0.3) is 0 Å². The van der Waals surface area contributed by atoms with Gasteiger partial charge < -0.3 is 0 Å². The summed E-state index contributed by atoms with van der Waals surface area (Å²) in [5, 5.41) is 4.13. The zero-order chi connectivity index (χ0) is 5.54. The molecule has 2 radical (unpaired) electrons. The average Bonchev–Trinajstić information content (AvgIpc) is 1.69.